The van der Waals surface area contributed by atoms with Gasteiger partial charge in [-0.2, -0.15) is 5.26 Å². The lowest BCUT2D eigenvalue weighted by Gasteiger charge is -2.07. The molecule has 0 aliphatic carbocycles. The minimum Gasteiger partial charge on any atom is -0.192 e. The maximum atomic E-state index is 8.95. The van der Waals surface area contributed by atoms with Crippen molar-refractivity contribution >= 4 is 5.57 Å². The Morgan fingerprint density at radius 2 is 1.86 bits per heavy atom. The first kappa shape index (κ1) is 22.2. The first-order valence-corrected chi connectivity index (χ1v) is 8.05. The van der Waals surface area contributed by atoms with Gasteiger partial charge < -0.3 is 0 Å². The molecule has 1 rings (SSSR count). The van der Waals surface area contributed by atoms with Gasteiger partial charge in [-0.05, 0) is 56.0 Å². The molecule has 1 aromatic rings. The standard InChI is InChI=1S/C16H19N.C3H6.C2H6/c1-4-6-8-15(7-5-2)16-11-14(12-17)10-9-13(16)3;1-3-2;1-2/h5,7-11H,4,6H2,1-3H3;3H,1H2,2H3;1-2H3/b7-5-,15-8+;;. The van der Waals surface area contributed by atoms with Crippen molar-refractivity contribution in [3.63, 3.8) is 0 Å². The molecule has 0 unspecified atom stereocenters. The number of hydrogen-bond donors (Lipinski definition) is 0. The third kappa shape index (κ3) is 8.97. The summed E-state index contributed by atoms with van der Waals surface area (Å²) in [5.41, 5.74) is 4.31. The lowest BCUT2D eigenvalue weighted by Crippen LogP contribution is -1.89. The van der Waals surface area contributed by atoms with Gasteiger partial charge in [0.05, 0.1) is 11.6 Å². The molecule has 0 aliphatic heterocycles. The van der Waals surface area contributed by atoms with Gasteiger partial charge >= 0.3 is 0 Å². The van der Waals surface area contributed by atoms with Crippen LogP contribution >= 0.6 is 0 Å². The number of nitriles is 1. The molecule has 1 nitrogen and oxygen atoms in total. The summed E-state index contributed by atoms with van der Waals surface area (Å²) in [4.78, 5) is 0. The van der Waals surface area contributed by atoms with Crippen LogP contribution in [0.1, 0.15) is 64.2 Å². The minimum absolute atomic E-state index is 0.720. The third-order valence-corrected chi connectivity index (χ3v) is 2.68. The molecule has 0 fully saturated rings. The highest BCUT2D eigenvalue weighted by atomic mass is 14.2. The molecular weight excluding hydrogens is 266 g/mol. The number of nitrogens with zero attached hydrogens (tertiary/aromatic N) is 1. The first-order chi connectivity index (χ1) is 10.6. The SMILES string of the molecule is C/C=C\C(=C/CCC)c1cc(C#N)ccc1C.C=CC.CC. The largest absolute Gasteiger partial charge is 0.192 e. The van der Waals surface area contributed by atoms with E-state index in [2.05, 4.69) is 38.6 Å². The Hall–Kier alpha value is -2.07. The van der Waals surface area contributed by atoms with Crippen LogP contribution in [0.25, 0.3) is 5.57 Å². The first-order valence-electron chi connectivity index (χ1n) is 8.05. The average Bonchev–Trinajstić information content (AvgIpc) is 2.55. The Balaban J connectivity index is 0. The fraction of sp³-hybridized carbons (Fsp3) is 0.381. The van der Waals surface area contributed by atoms with E-state index in [0.29, 0.717) is 0 Å². The molecule has 0 aliphatic rings. The molecule has 22 heavy (non-hydrogen) atoms. The summed E-state index contributed by atoms with van der Waals surface area (Å²) in [6.45, 7) is 15.5. The van der Waals surface area contributed by atoms with Gasteiger partial charge in [-0.1, -0.05) is 57.6 Å². The van der Waals surface area contributed by atoms with Crippen LogP contribution in [0.2, 0.25) is 0 Å². The van der Waals surface area contributed by atoms with E-state index in [4.69, 9.17) is 5.26 Å². The van der Waals surface area contributed by atoms with Crippen molar-refractivity contribution in [3.8, 4) is 6.07 Å². The van der Waals surface area contributed by atoms with Crippen LogP contribution in [0.5, 0.6) is 0 Å². The van der Waals surface area contributed by atoms with E-state index in [1.807, 2.05) is 52.0 Å². The van der Waals surface area contributed by atoms with E-state index < -0.39 is 0 Å². The molecule has 0 heterocycles. The predicted molar refractivity (Wildman–Crippen MR) is 101 cm³/mol. The second-order valence-electron chi connectivity index (χ2n) is 4.50. The van der Waals surface area contributed by atoms with Crippen molar-refractivity contribution in [2.24, 2.45) is 0 Å². The number of hydrogen-bond acceptors (Lipinski definition) is 1. The van der Waals surface area contributed by atoms with Gasteiger partial charge in [0.2, 0.25) is 0 Å². The second-order valence-corrected chi connectivity index (χ2v) is 4.50. The Bertz CT molecular complexity index is 513. The molecule has 0 amide bonds. The predicted octanol–water partition coefficient (Wildman–Crippen LogP) is 6.84. The van der Waals surface area contributed by atoms with E-state index in [9.17, 15) is 0 Å². The van der Waals surface area contributed by atoms with Crippen LogP contribution in [0, 0.1) is 18.3 Å². The normalized spacial score (nSPS) is 9.95. The lowest BCUT2D eigenvalue weighted by molar-refractivity contribution is 0.960. The highest BCUT2D eigenvalue weighted by Gasteiger charge is 2.03. The van der Waals surface area contributed by atoms with Gasteiger partial charge in [0.15, 0.2) is 0 Å². The Labute approximate surface area is 137 Å². The van der Waals surface area contributed by atoms with Crippen molar-refractivity contribution in [2.75, 3.05) is 0 Å². The minimum atomic E-state index is 0.720. The zero-order valence-corrected chi connectivity index (χ0v) is 15.1. The fourth-order valence-electron chi connectivity index (χ4n) is 1.75. The molecule has 1 heteroatoms. The fourth-order valence-corrected chi connectivity index (χ4v) is 1.75. The summed E-state index contributed by atoms with van der Waals surface area (Å²) in [5.74, 6) is 0. The number of aryl methyl sites for hydroxylation is 1. The topological polar surface area (TPSA) is 23.8 Å². The van der Waals surface area contributed by atoms with Crippen molar-refractivity contribution in [3.05, 3.63) is 65.8 Å². The third-order valence-electron chi connectivity index (χ3n) is 2.68. The maximum Gasteiger partial charge on any atom is 0.0991 e. The maximum absolute atomic E-state index is 8.95. The summed E-state index contributed by atoms with van der Waals surface area (Å²) >= 11 is 0. The zero-order valence-electron chi connectivity index (χ0n) is 15.1. The monoisotopic (exact) mass is 297 g/mol. The highest BCUT2D eigenvalue weighted by molar-refractivity contribution is 5.76. The summed E-state index contributed by atoms with van der Waals surface area (Å²) in [6, 6.07) is 8.04. The summed E-state index contributed by atoms with van der Waals surface area (Å²) in [6.07, 6.45) is 10.3. The number of unbranched alkanes of at least 4 members (excludes halogenated alkanes) is 1. The van der Waals surface area contributed by atoms with Crippen LogP contribution in [-0.4, -0.2) is 0 Å². The molecule has 120 valence electrons. The van der Waals surface area contributed by atoms with Crippen LogP contribution in [-0.2, 0) is 0 Å². The molecule has 0 atom stereocenters. The van der Waals surface area contributed by atoms with Crippen LogP contribution in [0.15, 0.2) is 49.1 Å². The van der Waals surface area contributed by atoms with Gasteiger partial charge in [-0.3, -0.25) is 0 Å². The molecule has 0 saturated carbocycles. The summed E-state index contributed by atoms with van der Waals surface area (Å²) < 4.78 is 0. The zero-order chi connectivity index (χ0) is 17.4. The molecule has 0 bridgehead atoms. The van der Waals surface area contributed by atoms with Gasteiger partial charge in [0.25, 0.3) is 0 Å². The van der Waals surface area contributed by atoms with Crippen molar-refractivity contribution < 1.29 is 0 Å². The van der Waals surface area contributed by atoms with Gasteiger partial charge in [-0.25, -0.2) is 0 Å². The van der Waals surface area contributed by atoms with E-state index >= 15 is 0 Å². The molecule has 1 aromatic carbocycles. The van der Waals surface area contributed by atoms with E-state index in [-0.39, 0.29) is 0 Å². The smallest absolute Gasteiger partial charge is 0.0991 e. The Morgan fingerprint density at radius 1 is 1.27 bits per heavy atom. The van der Waals surface area contributed by atoms with Crippen LogP contribution in [0.4, 0.5) is 0 Å². The molecule has 0 radical (unpaired) electrons. The highest BCUT2D eigenvalue weighted by Crippen LogP contribution is 2.22. The van der Waals surface area contributed by atoms with Gasteiger partial charge in [0.1, 0.15) is 0 Å². The van der Waals surface area contributed by atoms with Crippen LogP contribution < -0.4 is 0 Å². The summed E-state index contributed by atoms with van der Waals surface area (Å²) in [5, 5.41) is 8.95. The van der Waals surface area contributed by atoms with Crippen LogP contribution in [0.3, 0.4) is 0 Å². The number of rotatable bonds is 4. The van der Waals surface area contributed by atoms with Crippen molar-refractivity contribution in [1.82, 2.24) is 0 Å². The molecule has 0 saturated heterocycles. The molecule has 0 aromatic heterocycles. The number of benzene rings is 1. The van der Waals surface area contributed by atoms with Crippen molar-refractivity contribution in [2.45, 2.75) is 54.4 Å². The van der Waals surface area contributed by atoms with E-state index in [1.165, 1.54) is 11.1 Å². The Morgan fingerprint density at radius 3 is 2.32 bits per heavy atom. The summed E-state index contributed by atoms with van der Waals surface area (Å²) in [7, 11) is 0. The molecule has 0 N–H and O–H groups in total. The van der Waals surface area contributed by atoms with Crippen molar-refractivity contribution in [1.29, 1.82) is 5.26 Å². The van der Waals surface area contributed by atoms with Gasteiger partial charge in [-0.15, -0.1) is 6.58 Å². The Kier molecular flexibility index (Phi) is 15.5. The number of allylic oxidation sites excluding steroid dienone is 5. The average molecular weight is 297 g/mol. The quantitative estimate of drug-likeness (QED) is 0.440. The van der Waals surface area contributed by atoms with Gasteiger partial charge in [0, 0.05) is 0 Å². The molecular formula is C21H31N. The van der Waals surface area contributed by atoms with E-state index in [0.717, 1.165) is 24.0 Å². The second kappa shape index (κ2) is 15.3. The van der Waals surface area contributed by atoms with E-state index in [1.54, 1.807) is 6.08 Å². The molecule has 0 spiro atoms. The lowest BCUT2D eigenvalue weighted by atomic mass is 9.97.